The summed E-state index contributed by atoms with van der Waals surface area (Å²) in [4.78, 5) is 11.8. The van der Waals surface area contributed by atoms with E-state index in [1.807, 2.05) is 12.1 Å². The molecule has 3 rings (SSSR count). The summed E-state index contributed by atoms with van der Waals surface area (Å²) in [6.07, 6.45) is 0. The lowest BCUT2D eigenvalue weighted by molar-refractivity contribution is -0.117. The number of carbonyl (C=O) groups excluding carboxylic acids is 1. The average molecular weight is 216 g/mol. The lowest BCUT2D eigenvalue weighted by Gasteiger charge is -2.11. The maximum atomic E-state index is 11.8. The van der Waals surface area contributed by atoms with Crippen LogP contribution in [0.1, 0.15) is 24.0 Å². The molecule has 16 heavy (non-hydrogen) atoms. The number of anilines is 1. The van der Waals surface area contributed by atoms with E-state index in [1.54, 1.807) is 0 Å². The number of amides is 1. The normalized spacial score (nSPS) is 35.8. The molecule has 0 bridgehead atoms. The van der Waals surface area contributed by atoms with Gasteiger partial charge in [-0.1, -0.05) is 24.6 Å². The zero-order valence-corrected chi connectivity index (χ0v) is 9.53. The van der Waals surface area contributed by atoms with E-state index in [0.717, 1.165) is 5.69 Å². The van der Waals surface area contributed by atoms with E-state index in [-0.39, 0.29) is 11.9 Å². The van der Waals surface area contributed by atoms with Gasteiger partial charge in [-0.25, -0.2) is 0 Å². The topological polar surface area (TPSA) is 55.1 Å². The van der Waals surface area contributed by atoms with Crippen LogP contribution < -0.4 is 11.1 Å². The number of nitrogens with one attached hydrogen (secondary N) is 1. The van der Waals surface area contributed by atoms with Gasteiger partial charge in [0.05, 0.1) is 6.04 Å². The van der Waals surface area contributed by atoms with E-state index in [9.17, 15) is 4.79 Å². The largest absolute Gasteiger partial charge is 0.324 e. The van der Waals surface area contributed by atoms with Gasteiger partial charge in [-0.2, -0.15) is 0 Å². The van der Waals surface area contributed by atoms with Crippen LogP contribution in [0, 0.1) is 18.8 Å². The molecule has 3 heteroatoms. The molecule has 2 aliphatic rings. The van der Waals surface area contributed by atoms with Gasteiger partial charge in [0.1, 0.15) is 0 Å². The first-order valence-corrected chi connectivity index (χ1v) is 5.76. The predicted molar refractivity (Wildman–Crippen MR) is 63.2 cm³/mol. The SMILES string of the molecule is Cc1ccc2c(c1)[C@@H]1[C@H](C)[C@@H]1[C@H](N)C(=O)N2. The summed E-state index contributed by atoms with van der Waals surface area (Å²) in [5.41, 5.74) is 9.41. The van der Waals surface area contributed by atoms with Gasteiger partial charge in [0.15, 0.2) is 0 Å². The summed E-state index contributed by atoms with van der Waals surface area (Å²) in [6, 6.07) is 5.84. The van der Waals surface area contributed by atoms with Crippen LogP contribution in [-0.4, -0.2) is 11.9 Å². The van der Waals surface area contributed by atoms with Gasteiger partial charge in [0.25, 0.3) is 0 Å². The quantitative estimate of drug-likeness (QED) is 0.692. The minimum Gasteiger partial charge on any atom is -0.324 e. The molecule has 0 unspecified atom stereocenters. The lowest BCUT2D eigenvalue weighted by atomic mass is 10.0. The second kappa shape index (κ2) is 3.08. The van der Waals surface area contributed by atoms with Crippen LogP contribution >= 0.6 is 0 Å². The Kier molecular flexibility index (Phi) is 1.89. The average Bonchev–Trinajstić information content (AvgIpc) is 2.92. The first-order chi connectivity index (χ1) is 7.59. The molecule has 1 aliphatic carbocycles. The Labute approximate surface area is 95.0 Å². The summed E-state index contributed by atoms with van der Waals surface area (Å²) in [7, 11) is 0. The summed E-state index contributed by atoms with van der Waals surface area (Å²) in [5, 5.41) is 2.92. The van der Waals surface area contributed by atoms with Crippen LogP contribution in [-0.2, 0) is 4.79 Å². The second-order valence-corrected chi connectivity index (χ2v) is 5.07. The minimum absolute atomic E-state index is 0.0399. The monoisotopic (exact) mass is 216 g/mol. The minimum atomic E-state index is -0.354. The van der Waals surface area contributed by atoms with Gasteiger partial charge in [-0.05, 0) is 36.3 Å². The maximum absolute atomic E-state index is 11.8. The van der Waals surface area contributed by atoms with Gasteiger partial charge in [-0.3, -0.25) is 4.79 Å². The Morgan fingerprint density at radius 3 is 2.88 bits per heavy atom. The summed E-state index contributed by atoms with van der Waals surface area (Å²) in [6.45, 7) is 4.26. The molecule has 1 aliphatic heterocycles. The van der Waals surface area contributed by atoms with Crippen molar-refractivity contribution in [3.8, 4) is 0 Å². The van der Waals surface area contributed by atoms with E-state index in [0.29, 0.717) is 17.8 Å². The molecule has 4 atom stereocenters. The van der Waals surface area contributed by atoms with Crippen molar-refractivity contribution >= 4 is 11.6 Å². The molecule has 1 fully saturated rings. The molecular weight excluding hydrogens is 200 g/mol. The Morgan fingerprint density at radius 1 is 1.38 bits per heavy atom. The lowest BCUT2D eigenvalue weighted by Crippen LogP contribution is -2.37. The molecule has 1 aromatic carbocycles. The van der Waals surface area contributed by atoms with Crippen molar-refractivity contribution in [2.75, 3.05) is 5.32 Å². The van der Waals surface area contributed by atoms with Crippen molar-refractivity contribution in [3.63, 3.8) is 0 Å². The smallest absolute Gasteiger partial charge is 0.241 e. The number of rotatable bonds is 0. The molecule has 3 nitrogen and oxygen atoms in total. The van der Waals surface area contributed by atoms with Crippen LogP contribution in [0.4, 0.5) is 5.69 Å². The first-order valence-electron chi connectivity index (χ1n) is 5.76. The van der Waals surface area contributed by atoms with Gasteiger partial charge in [-0.15, -0.1) is 0 Å². The van der Waals surface area contributed by atoms with Crippen LogP contribution in [0.5, 0.6) is 0 Å². The number of hydrogen-bond acceptors (Lipinski definition) is 2. The van der Waals surface area contributed by atoms with E-state index in [4.69, 9.17) is 5.73 Å². The summed E-state index contributed by atoms with van der Waals surface area (Å²) >= 11 is 0. The number of benzene rings is 1. The molecule has 3 N–H and O–H groups in total. The maximum Gasteiger partial charge on any atom is 0.241 e. The Bertz CT molecular complexity index is 469. The van der Waals surface area contributed by atoms with E-state index < -0.39 is 0 Å². The fraction of sp³-hybridized carbons (Fsp3) is 0.462. The molecule has 1 aromatic rings. The third-order valence-electron chi connectivity index (χ3n) is 3.99. The van der Waals surface area contributed by atoms with Crippen molar-refractivity contribution in [1.82, 2.24) is 0 Å². The van der Waals surface area contributed by atoms with Gasteiger partial charge < -0.3 is 11.1 Å². The molecule has 1 heterocycles. The molecule has 0 saturated heterocycles. The van der Waals surface area contributed by atoms with E-state index in [1.165, 1.54) is 11.1 Å². The number of hydrogen-bond donors (Lipinski definition) is 2. The molecule has 0 aromatic heterocycles. The van der Waals surface area contributed by atoms with Crippen LogP contribution in [0.25, 0.3) is 0 Å². The van der Waals surface area contributed by atoms with Crippen molar-refractivity contribution in [1.29, 1.82) is 0 Å². The number of carbonyl (C=O) groups is 1. The Balaban J connectivity index is 2.11. The molecule has 1 saturated carbocycles. The second-order valence-electron chi connectivity index (χ2n) is 5.07. The van der Waals surface area contributed by atoms with E-state index >= 15 is 0 Å². The third kappa shape index (κ3) is 1.21. The fourth-order valence-corrected chi connectivity index (χ4v) is 3.00. The zero-order chi connectivity index (χ0) is 11.4. The van der Waals surface area contributed by atoms with E-state index in [2.05, 4.69) is 25.2 Å². The third-order valence-corrected chi connectivity index (χ3v) is 3.99. The number of fused-ring (bicyclic) bond motifs is 3. The molecule has 84 valence electrons. The van der Waals surface area contributed by atoms with Crippen LogP contribution in [0.2, 0.25) is 0 Å². The Hall–Kier alpha value is -1.35. The van der Waals surface area contributed by atoms with Gasteiger partial charge in [0, 0.05) is 5.69 Å². The molecule has 0 spiro atoms. The molecular formula is C13H16N2O. The highest BCUT2D eigenvalue weighted by Gasteiger charge is 2.55. The predicted octanol–water partition coefficient (Wildman–Crippen LogP) is 1.62. The van der Waals surface area contributed by atoms with Gasteiger partial charge in [0.2, 0.25) is 5.91 Å². The molecule has 0 radical (unpaired) electrons. The van der Waals surface area contributed by atoms with Crippen LogP contribution in [0.15, 0.2) is 18.2 Å². The van der Waals surface area contributed by atoms with Gasteiger partial charge >= 0.3 is 0 Å². The zero-order valence-electron chi connectivity index (χ0n) is 9.53. The highest BCUT2D eigenvalue weighted by Crippen LogP contribution is 2.58. The van der Waals surface area contributed by atoms with Crippen molar-refractivity contribution in [2.24, 2.45) is 17.6 Å². The number of nitrogens with two attached hydrogens (primary N) is 1. The van der Waals surface area contributed by atoms with Crippen molar-refractivity contribution < 1.29 is 4.79 Å². The van der Waals surface area contributed by atoms with Crippen molar-refractivity contribution in [3.05, 3.63) is 29.3 Å². The highest BCUT2D eigenvalue weighted by molar-refractivity contribution is 5.97. The summed E-state index contributed by atoms with van der Waals surface area (Å²) < 4.78 is 0. The molecule has 1 amide bonds. The standard InChI is InChI=1S/C13H16N2O/c1-6-3-4-9-8(5-6)10-7(2)11(10)12(14)13(16)15-9/h3-5,7,10-12H,14H2,1-2H3,(H,15,16)/t7-,10-,11-,12-/m0/s1. The van der Waals surface area contributed by atoms with Crippen LogP contribution in [0.3, 0.4) is 0 Å². The summed E-state index contributed by atoms with van der Waals surface area (Å²) in [5.74, 6) is 1.27. The Morgan fingerprint density at radius 2 is 2.12 bits per heavy atom. The van der Waals surface area contributed by atoms with Crippen molar-refractivity contribution in [2.45, 2.75) is 25.8 Å². The first kappa shape index (κ1) is 9.85. The number of aryl methyl sites for hydroxylation is 1. The fourth-order valence-electron chi connectivity index (χ4n) is 3.00. The highest BCUT2D eigenvalue weighted by atomic mass is 16.2.